The highest BCUT2D eigenvalue weighted by molar-refractivity contribution is 7.86. The van der Waals surface area contributed by atoms with Gasteiger partial charge in [0.15, 0.2) is 5.79 Å². The Balaban J connectivity index is 1.69. The first kappa shape index (κ1) is 17.4. The monoisotopic (exact) mass is 328 g/mol. The lowest BCUT2D eigenvalue weighted by molar-refractivity contribution is -0.139. The maximum Gasteiger partial charge on any atom is 0.296 e. The SMILES string of the molecule is Cc1ccc(S(=O)(=O)OCCCC[C@@H]2COC(C)(C)O2)cc1. The first-order valence-corrected chi connectivity index (χ1v) is 8.97. The number of unbranched alkanes of at least 4 members (excludes halogenated alkanes) is 1. The van der Waals surface area contributed by atoms with E-state index < -0.39 is 15.9 Å². The van der Waals surface area contributed by atoms with E-state index in [4.69, 9.17) is 13.7 Å². The molecule has 0 saturated carbocycles. The molecule has 22 heavy (non-hydrogen) atoms. The summed E-state index contributed by atoms with van der Waals surface area (Å²) in [5, 5.41) is 0. The van der Waals surface area contributed by atoms with Gasteiger partial charge in [-0.15, -0.1) is 0 Å². The van der Waals surface area contributed by atoms with Crippen LogP contribution in [-0.2, 0) is 23.8 Å². The Hall–Kier alpha value is -0.950. The Bertz CT molecular complexity index is 577. The topological polar surface area (TPSA) is 61.8 Å². The molecule has 1 aromatic rings. The highest BCUT2D eigenvalue weighted by atomic mass is 32.2. The van der Waals surface area contributed by atoms with Gasteiger partial charge in [-0.05, 0) is 52.2 Å². The van der Waals surface area contributed by atoms with Gasteiger partial charge in [0.05, 0.1) is 24.2 Å². The molecule has 0 radical (unpaired) electrons. The van der Waals surface area contributed by atoms with E-state index in [1.807, 2.05) is 20.8 Å². The normalized spacial score (nSPS) is 21.1. The summed E-state index contributed by atoms with van der Waals surface area (Å²) in [4.78, 5) is 0.201. The fourth-order valence-electron chi connectivity index (χ4n) is 2.32. The standard InChI is InChI=1S/C16H24O5S/c1-13-7-9-15(10-8-13)22(17,18)20-11-5-4-6-14-12-19-16(2,3)21-14/h7-10,14H,4-6,11-12H2,1-3H3/t14-/m1/s1. The summed E-state index contributed by atoms with van der Waals surface area (Å²) in [5.74, 6) is -0.504. The molecule has 0 unspecified atom stereocenters. The predicted molar refractivity (Wildman–Crippen MR) is 83.1 cm³/mol. The van der Waals surface area contributed by atoms with Gasteiger partial charge in [0.1, 0.15) is 0 Å². The molecular formula is C16H24O5S. The molecule has 0 aliphatic carbocycles. The second-order valence-electron chi connectivity index (χ2n) is 6.04. The molecule has 1 heterocycles. The molecule has 1 atom stereocenters. The molecule has 0 bridgehead atoms. The summed E-state index contributed by atoms with van der Waals surface area (Å²) in [6.45, 7) is 6.48. The zero-order valence-electron chi connectivity index (χ0n) is 13.4. The van der Waals surface area contributed by atoms with Crippen LogP contribution in [0.25, 0.3) is 0 Å². The summed E-state index contributed by atoms with van der Waals surface area (Å²) < 4.78 is 40.2. The average molecular weight is 328 g/mol. The maximum atomic E-state index is 12.0. The molecule has 1 saturated heterocycles. The maximum absolute atomic E-state index is 12.0. The van der Waals surface area contributed by atoms with Gasteiger partial charge in [0.25, 0.3) is 10.1 Å². The zero-order valence-corrected chi connectivity index (χ0v) is 14.2. The third kappa shape index (κ3) is 5.05. The Labute approximate surface area is 132 Å². The third-order valence-corrected chi connectivity index (χ3v) is 4.86. The fourth-order valence-corrected chi connectivity index (χ4v) is 3.26. The van der Waals surface area contributed by atoms with Crippen molar-refractivity contribution in [2.75, 3.05) is 13.2 Å². The van der Waals surface area contributed by atoms with E-state index in [1.165, 1.54) is 0 Å². The van der Waals surface area contributed by atoms with Crippen LogP contribution in [0.3, 0.4) is 0 Å². The molecule has 124 valence electrons. The molecule has 1 aliphatic rings. The van der Waals surface area contributed by atoms with E-state index in [-0.39, 0.29) is 17.6 Å². The van der Waals surface area contributed by atoms with Crippen LogP contribution >= 0.6 is 0 Å². The predicted octanol–water partition coefficient (Wildman–Crippen LogP) is 3.02. The van der Waals surface area contributed by atoms with Crippen molar-refractivity contribution in [1.29, 1.82) is 0 Å². The van der Waals surface area contributed by atoms with Gasteiger partial charge in [0.2, 0.25) is 0 Å². The van der Waals surface area contributed by atoms with Crippen molar-refractivity contribution in [3.63, 3.8) is 0 Å². The molecule has 5 nitrogen and oxygen atoms in total. The van der Waals surface area contributed by atoms with Crippen molar-refractivity contribution in [2.24, 2.45) is 0 Å². The smallest absolute Gasteiger partial charge is 0.296 e. The molecule has 1 aliphatic heterocycles. The van der Waals surface area contributed by atoms with Gasteiger partial charge in [-0.1, -0.05) is 17.7 Å². The van der Waals surface area contributed by atoms with Crippen molar-refractivity contribution in [1.82, 2.24) is 0 Å². The third-order valence-electron chi connectivity index (χ3n) is 3.54. The highest BCUT2D eigenvalue weighted by Gasteiger charge is 2.31. The van der Waals surface area contributed by atoms with Gasteiger partial charge < -0.3 is 9.47 Å². The van der Waals surface area contributed by atoms with Gasteiger partial charge >= 0.3 is 0 Å². The van der Waals surface area contributed by atoms with Crippen LogP contribution in [0.4, 0.5) is 0 Å². The lowest BCUT2D eigenvalue weighted by Crippen LogP contribution is -2.21. The van der Waals surface area contributed by atoms with Gasteiger partial charge in [-0.25, -0.2) is 0 Å². The first-order valence-electron chi connectivity index (χ1n) is 7.56. The minimum atomic E-state index is -3.65. The Kier molecular flexibility index (Phi) is 5.60. The van der Waals surface area contributed by atoms with E-state index in [1.54, 1.807) is 24.3 Å². The van der Waals surface area contributed by atoms with Crippen LogP contribution in [0.2, 0.25) is 0 Å². The number of hydrogen-bond acceptors (Lipinski definition) is 5. The van der Waals surface area contributed by atoms with Crippen LogP contribution in [0.1, 0.15) is 38.7 Å². The van der Waals surface area contributed by atoms with Crippen molar-refractivity contribution in [3.8, 4) is 0 Å². The Morgan fingerprint density at radius 1 is 1.23 bits per heavy atom. The first-order chi connectivity index (χ1) is 10.3. The summed E-state index contributed by atoms with van der Waals surface area (Å²) in [7, 11) is -3.65. The number of benzene rings is 1. The quantitative estimate of drug-likeness (QED) is 0.569. The number of ether oxygens (including phenoxy) is 2. The van der Waals surface area contributed by atoms with Crippen molar-refractivity contribution < 1.29 is 22.1 Å². The summed E-state index contributed by atoms with van der Waals surface area (Å²) in [6.07, 6.45) is 2.44. The lowest BCUT2D eigenvalue weighted by Gasteiger charge is -2.16. The van der Waals surface area contributed by atoms with Crippen LogP contribution in [-0.4, -0.2) is 33.5 Å². The van der Waals surface area contributed by atoms with E-state index in [0.29, 0.717) is 13.0 Å². The van der Waals surface area contributed by atoms with Crippen LogP contribution in [0, 0.1) is 6.92 Å². The highest BCUT2D eigenvalue weighted by Crippen LogP contribution is 2.25. The number of aryl methyl sites for hydroxylation is 1. The van der Waals surface area contributed by atoms with Crippen LogP contribution in [0.5, 0.6) is 0 Å². The van der Waals surface area contributed by atoms with E-state index in [2.05, 4.69) is 0 Å². The van der Waals surface area contributed by atoms with Gasteiger partial charge in [-0.3, -0.25) is 4.18 Å². The Morgan fingerprint density at radius 2 is 1.91 bits per heavy atom. The molecule has 0 amide bonds. The summed E-state index contributed by atoms with van der Waals surface area (Å²) >= 11 is 0. The minimum Gasteiger partial charge on any atom is -0.348 e. The van der Waals surface area contributed by atoms with Crippen molar-refractivity contribution in [2.45, 2.75) is 56.8 Å². The van der Waals surface area contributed by atoms with E-state index >= 15 is 0 Å². The molecule has 2 rings (SSSR count). The minimum absolute atomic E-state index is 0.0868. The molecule has 1 fully saturated rings. The average Bonchev–Trinajstić information content (AvgIpc) is 2.78. The second kappa shape index (κ2) is 7.08. The van der Waals surface area contributed by atoms with Gasteiger partial charge in [0, 0.05) is 0 Å². The molecule has 0 N–H and O–H groups in total. The molecule has 0 aromatic heterocycles. The number of hydrogen-bond donors (Lipinski definition) is 0. The van der Waals surface area contributed by atoms with E-state index in [9.17, 15) is 8.42 Å². The lowest BCUT2D eigenvalue weighted by atomic mass is 10.2. The largest absolute Gasteiger partial charge is 0.348 e. The van der Waals surface area contributed by atoms with E-state index in [0.717, 1.165) is 18.4 Å². The molecule has 0 spiro atoms. The van der Waals surface area contributed by atoms with Crippen molar-refractivity contribution >= 4 is 10.1 Å². The molecule has 6 heteroatoms. The fraction of sp³-hybridized carbons (Fsp3) is 0.625. The van der Waals surface area contributed by atoms with Crippen LogP contribution in [0.15, 0.2) is 29.2 Å². The summed E-state index contributed by atoms with van der Waals surface area (Å²) in [6, 6.07) is 6.65. The summed E-state index contributed by atoms with van der Waals surface area (Å²) in [5.41, 5.74) is 1.01. The molecular weight excluding hydrogens is 304 g/mol. The zero-order chi connectivity index (χ0) is 16.2. The second-order valence-corrected chi connectivity index (χ2v) is 7.65. The van der Waals surface area contributed by atoms with Crippen LogP contribution < -0.4 is 0 Å². The van der Waals surface area contributed by atoms with Gasteiger partial charge in [-0.2, -0.15) is 8.42 Å². The molecule has 1 aromatic carbocycles. The van der Waals surface area contributed by atoms with Crippen molar-refractivity contribution in [3.05, 3.63) is 29.8 Å². The Morgan fingerprint density at radius 3 is 2.50 bits per heavy atom. The number of rotatable bonds is 7.